The average Bonchev–Trinajstić information content (AvgIpc) is 3.40. The van der Waals surface area contributed by atoms with Crippen molar-refractivity contribution >= 4 is 5.91 Å². The number of nitrogens with one attached hydrogen (secondary N) is 1. The summed E-state index contributed by atoms with van der Waals surface area (Å²) in [4.78, 5) is 12.3. The molecule has 23 heavy (non-hydrogen) atoms. The van der Waals surface area contributed by atoms with Gasteiger partial charge in [-0.05, 0) is 48.1 Å². The third kappa shape index (κ3) is 3.89. The van der Waals surface area contributed by atoms with Gasteiger partial charge in [-0.15, -0.1) is 0 Å². The lowest BCUT2D eigenvalue weighted by Crippen LogP contribution is -2.31. The molecule has 0 aromatic heterocycles. The molecular formula is C19H20FNO2. The Labute approximate surface area is 135 Å². The first kappa shape index (κ1) is 15.5. The zero-order valence-corrected chi connectivity index (χ0v) is 13.1. The second kappa shape index (κ2) is 6.82. The summed E-state index contributed by atoms with van der Waals surface area (Å²) in [7, 11) is 1.63. The second-order valence-corrected chi connectivity index (χ2v) is 5.92. The van der Waals surface area contributed by atoms with E-state index in [4.69, 9.17) is 4.74 Å². The van der Waals surface area contributed by atoms with Crippen molar-refractivity contribution in [3.63, 3.8) is 0 Å². The highest BCUT2D eigenvalue weighted by Crippen LogP contribution is 2.41. The number of rotatable bonds is 6. The van der Waals surface area contributed by atoms with Crippen molar-refractivity contribution in [2.45, 2.75) is 25.3 Å². The molecule has 120 valence electrons. The van der Waals surface area contributed by atoms with Gasteiger partial charge in [-0.1, -0.05) is 30.3 Å². The molecule has 1 atom stereocenters. The maximum Gasteiger partial charge on any atom is 0.225 e. The molecule has 1 amide bonds. The van der Waals surface area contributed by atoms with Gasteiger partial charge in [0.25, 0.3) is 0 Å². The van der Waals surface area contributed by atoms with Gasteiger partial charge in [-0.25, -0.2) is 4.39 Å². The molecule has 0 spiro atoms. The first-order valence-corrected chi connectivity index (χ1v) is 7.84. The number of hydrogen-bond donors (Lipinski definition) is 1. The lowest BCUT2D eigenvalue weighted by Gasteiger charge is -2.19. The average molecular weight is 313 g/mol. The van der Waals surface area contributed by atoms with Crippen molar-refractivity contribution < 1.29 is 13.9 Å². The molecule has 0 saturated heterocycles. The fraction of sp³-hybridized carbons (Fsp3) is 0.316. The Kier molecular flexibility index (Phi) is 4.60. The quantitative estimate of drug-likeness (QED) is 0.884. The standard InChI is InChI=1S/C19H20FNO2/c1-23-16-10-8-14(9-11-16)19(13-6-7-13)21-18(22)12-15-4-2-3-5-17(15)20/h2-5,8-11,13,19H,6-7,12H2,1H3,(H,21,22). The van der Waals surface area contributed by atoms with Crippen molar-refractivity contribution in [3.05, 3.63) is 65.5 Å². The number of benzene rings is 2. The number of amides is 1. The fourth-order valence-corrected chi connectivity index (χ4v) is 2.75. The summed E-state index contributed by atoms with van der Waals surface area (Å²) < 4.78 is 18.8. The molecule has 3 rings (SSSR count). The summed E-state index contributed by atoms with van der Waals surface area (Å²) >= 11 is 0. The predicted octanol–water partition coefficient (Wildman–Crippen LogP) is 3.64. The number of carbonyl (C=O) groups is 1. The SMILES string of the molecule is COc1ccc(C(NC(=O)Cc2ccccc2F)C2CC2)cc1. The summed E-state index contributed by atoms with van der Waals surface area (Å²) in [6, 6.07) is 14.1. The van der Waals surface area contributed by atoms with E-state index in [0.717, 1.165) is 24.2 Å². The van der Waals surface area contributed by atoms with Gasteiger partial charge in [0.2, 0.25) is 5.91 Å². The Morgan fingerprint density at radius 3 is 2.52 bits per heavy atom. The Morgan fingerprint density at radius 2 is 1.91 bits per heavy atom. The van der Waals surface area contributed by atoms with Crippen molar-refractivity contribution in [3.8, 4) is 5.75 Å². The highest BCUT2D eigenvalue weighted by molar-refractivity contribution is 5.79. The summed E-state index contributed by atoms with van der Waals surface area (Å²) in [6.07, 6.45) is 2.28. The molecule has 0 aliphatic heterocycles. The van der Waals surface area contributed by atoms with Gasteiger partial charge >= 0.3 is 0 Å². The molecule has 2 aromatic rings. The number of ether oxygens (including phenoxy) is 1. The summed E-state index contributed by atoms with van der Waals surface area (Å²) in [5.41, 5.74) is 1.49. The fourth-order valence-electron chi connectivity index (χ4n) is 2.75. The summed E-state index contributed by atoms with van der Waals surface area (Å²) in [5, 5.41) is 3.06. The molecule has 2 aromatic carbocycles. The van der Waals surface area contributed by atoms with Crippen molar-refractivity contribution in [2.24, 2.45) is 5.92 Å². The molecule has 1 saturated carbocycles. The first-order valence-electron chi connectivity index (χ1n) is 7.84. The van der Waals surface area contributed by atoms with Crippen LogP contribution in [0.1, 0.15) is 30.0 Å². The van der Waals surface area contributed by atoms with E-state index in [0.29, 0.717) is 11.5 Å². The molecule has 1 N–H and O–H groups in total. The third-order valence-electron chi connectivity index (χ3n) is 4.19. The van der Waals surface area contributed by atoms with Crippen molar-refractivity contribution in [1.82, 2.24) is 5.32 Å². The Morgan fingerprint density at radius 1 is 1.22 bits per heavy atom. The summed E-state index contributed by atoms with van der Waals surface area (Å²) in [6.45, 7) is 0. The number of halogens is 1. The van der Waals surface area contributed by atoms with E-state index in [2.05, 4.69) is 5.32 Å². The number of carbonyl (C=O) groups excluding carboxylic acids is 1. The second-order valence-electron chi connectivity index (χ2n) is 5.92. The van der Waals surface area contributed by atoms with E-state index >= 15 is 0 Å². The van der Waals surface area contributed by atoms with Crippen LogP contribution in [0.5, 0.6) is 5.75 Å². The van der Waals surface area contributed by atoms with E-state index < -0.39 is 0 Å². The van der Waals surface area contributed by atoms with E-state index in [1.165, 1.54) is 6.07 Å². The molecule has 0 heterocycles. The maximum absolute atomic E-state index is 13.7. The lowest BCUT2D eigenvalue weighted by molar-refractivity contribution is -0.121. The van der Waals surface area contributed by atoms with Crippen LogP contribution in [0.15, 0.2) is 48.5 Å². The van der Waals surface area contributed by atoms with Crippen LogP contribution in [0.25, 0.3) is 0 Å². The van der Waals surface area contributed by atoms with Gasteiger partial charge in [0.05, 0.1) is 19.6 Å². The summed E-state index contributed by atoms with van der Waals surface area (Å²) in [5.74, 6) is 0.770. The molecule has 1 unspecified atom stereocenters. The van der Waals surface area contributed by atoms with Crippen LogP contribution in [0.3, 0.4) is 0 Å². The molecule has 0 bridgehead atoms. The molecule has 3 nitrogen and oxygen atoms in total. The van der Waals surface area contributed by atoms with Gasteiger partial charge in [0.15, 0.2) is 0 Å². The Hall–Kier alpha value is -2.36. The van der Waals surface area contributed by atoms with Crippen LogP contribution in [0.4, 0.5) is 4.39 Å². The molecule has 4 heteroatoms. The molecule has 1 fully saturated rings. The van der Waals surface area contributed by atoms with Crippen LogP contribution >= 0.6 is 0 Å². The monoisotopic (exact) mass is 313 g/mol. The number of hydrogen-bond acceptors (Lipinski definition) is 2. The first-order chi connectivity index (χ1) is 11.2. The minimum atomic E-state index is -0.338. The highest BCUT2D eigenvalue weighted by Gasteiger charge is 2.33. The predicted molar refractivity (Wildman–Crippen MR) is 86.7 cm³/mol. The number of methoxy groups -OCH3 is 1. The van der Waals surface area contributed by atoms with Crippen LogP contribution in [0.2, 0.25) is 0 Å². The van der Waals surface area contributed by atoms with Crippen molar-refractivity contribution in [2.75, 3.05) is 7.11 Å². The topological polar surface area (TPSA) is 38.3 Å². The van der Waals surface area contributed by atoms with E-state index in [1.807, 2.05) is 24.3 Å². The Balaban J connectivity index is 1.69. The Bertz CT molecular complexity index is 680. The van der Waals surface area contributed by atoms with Crippen LogP contribution in [-0.2, 0) is 11.2 Å². The molecule has 0 radical (unpaired) electrons. The lowest BCUT2D eigenvalue weighted by atomic mass is 10.0. The minimum Gasteiger partial charge on any atom is -0.497 e. The molecule has 1 aliphatic rings. The van der Waals surface area contributed by atoms with Crippen LogP contribution in [-0.4, -0.2) is 13.0 Å². The maximum atomic E-state index is 13.7. The van der Waals surface area contributed by atoms with Gasteiger partial charge in [-0.3, -0.25) is 4.79 Å². The third-order valence-corrected chi connectivity index (χ3v) is 4.19. The largest absolute Gasteiger partial charge is 0.497 e. The van der Waals surface area contributed by atoms with Gasteiger partial charge in [0, 0.05) is 0 Å². The van der Waals surface area contributed by atoms with E-state index in [1.54, 1.807) is 25.3 Å². The van der Waals surface area contributed by atoms with Crippen molar-refractivity contribution in [1.29, 1.82) is 0 Å². The zero-order valence-electron chi connectivity index (χ0n) is 13.1. The minimum absolute atomic E-state index is 0.0137. The van der Waals surface area contributed by atoms with Gasteiger partial charge in [0.1, 0.15) is 11.6 Å². The normalized spacial score (nSPS) is 15.0. The smallest absolute Gasteiger partial charge is 0.225 e. The van der Waals surface area contributed by atoms with Gasteiger partial charge < -0.3 is 10.1 Å². The van der Waals surface area contributed by atoms with Crippen LogP contribution < -0.4 is 10.1 Å². The molecular weight excluding hydrogens is 293 g/mol. The van der Waals surface area contributed by atoms with E-state index in [9.17, 15) is 9.18 Å². The zero-order chi connectivity index (χ0) is 16.2. The highest BCUT2D eigenvalue weighted by atomic mass is 19.1. The van der Waals surface area contributed by atoms with Gasteiger partial charge in [-0.2, -0.15) is 0 Å². The van der Waals surface area contributed by atoms with E-state index in [-0.39, 0.29) is 24.2 Å². The van der Waals surface area contributed by atoms with Crippen LogP contribution in [0, 0.1) is 11.7 Å². The molecule has 1 aliphatic carbocycles.